The highest BCUT2D eigenvalue weighted by molar-refractivity contribution is 6.30. The molecule has 5 nitrogen and oxygen atoms in total. The van der Waals surface area contributed by atoms with E-state index in [0.29, 0.717) is 30.3 Å². The maximum atomic E-state index is 12.7. The third-order valence-electron chi connectivity index (χ3n) is 4.05. The summed E-state index contributed by atoms with van der Waals surface area (Å²) in [4.78, 5) is 20.7. The molecule has 1 aromatic heterocycles. The lowest BCUT2D eigenvalue weighted by molar-refractivity contribution is -0.0228. The molecule has 0 unspecified atom stereocenters. The smallest absolute Gasteiger partial charge is 0.255 e. The summed E-state index contributed by atoms with van der Waals surface area (Å²) in [5, 5.41) is 0.689. The number of hydrogen-bond acceptors (Lipinski definition) is 4. The Morgan fingerprint density at radius 1 is 1.25 bits per heavy atom. The second-order valence-electron chi connectivity index (χ2n) is 5.96. The first-order valence-corrected chi connectivity index (χ1v) is 8.22. The molecule has 1 fully saturated rings. The number of amides is 1. The van der Waals surface area contributed by atoms with Gasteiger partial charge < -0.3 is 14.5 Å². The molecule has 24 heavy (non-hydrogen) atoms. The van der Waals surface area contributed by atoms with E-state index < -0.39 is 0 Å². The first kappa shape index (κ1) is 16.7. The highest BCUT2D eigenvalue weighted by Crippen LogP contribution is 2.24. The third kappa shape index (κ3) is 3.68. The van der Waals surface area contributed by atoms with Crippen molar-refractivity contribution >= 4 is 23.3 Å². The average Bonchev–Trinajstić information content (AvgIpc) is 2.62. The van der Waals surface area contributed by atoms with Crippen LogP contribution in [0.15, 0.2) is 42.6 Å². The molecule has 0 radical (unpaired) electrons. The van der Waals surface area contributed by atoms with E-state index in [4.69, 9.17) is 16.3 Å². The Labute approximate surface area is 146 Å². The quantitative estimate of drug-likeness (QED) is 0.858. The van der Waals surface area contributed by atoms with Crippen LogP contribution in [-0.4, -0.2) is 49.6 Å². The van der Waals surface area contributed by atoms with Crippen LogP contribution >= 0.6 is 11.6 Å². The third-order valence-corrected chi connectivity index (χ3v) is 4.30. The lowest BCUT2D eigenvalue weighted by atomic mass is 10.1. The monoisotopic (exact) mass is 345 g/mol. The van der Waals surface area contributed by atoms with Crippen molar-refractivity contribution in [1.82, 2.24) is 9.88 Å². The van der Waals surface area contributed by atoms with Crippen molar-refractivity contribution in [3.05, 3.63) is 58.7 Å². The molecule has 0 aliphatic carbocycles. The summed E-state index contributed by atoms with van der Waals surface area (Å²) in [5.41, 5.74) is 1.62. The molecule has 0 N–H and O–H groups in total. The van der Waals surface area contributed by atoms with E-state index in [1.54, 1.807) is 6.20 Å². The van der Waals surface area contributed by atoms with Gasteiger partial charge in [0.15, 0.2) is 0 Å². The van der Waals surface area contributed by atoms with Crippen molar-refractivity contribution in [2.45, 2.75) is 6.10 Å². The van der Waals surface area contributed by atoms with Gasteiger partial charge in [0.1, 0.15) is 11.9 Å². The largest absolute Gasteiger partial charge is 0.370 e. The van der Waals surface area contributed by atoms with Gasteiger partial charge in [-0.2, -0.15) is 0 Å². The number of carbonyl (C=O) groups excluding carboxylic acids is 1. The molecular formula is C18H20ClN3O2. The van der Waals surface area contributed by atoms with Gasteiger partial charge in [0.25, 0.3) is 5.91 Å². The van der Waals surface area contributed by atoms with Crippen LogP contribution in [0.2, 0.25) is 5.02 Å². The lowest BCUT2D eigenvalue weighted by Crippen LogP contribution is -2.42. The predicted molar refractivity (Wildman–Crippen MR) is 94.6 cm³/mol. The Morgan fingerprint density at radius 2 is 2.00 bits per heavy atom. The number of aromatic nitrogens is 1. The molecular weight excluding hydrogens is 326 g/mol. The topological polar surface area (TPSA) is 45.7 Å². The van der Waals surface area contributed by atoms with Crippen LogP contribution in [0.5, 0.6) is 0 Å². The number of benzene rings is 1. The van der Waals surface area contributed by atoms with Crippen LogP contribution < -0.4 is 4.90 Å². The fourth-order valence-corrected chi connectivity index (χ4v) is 2.80. The van der Waals surface area contributed by atoms with Crippen molar-refractivity contribution in [2.24, 2.45) is 0 Å². The van der Waals surface area contributed by atoms with Gasteiger partial charge in [0.05, 0.1) is 18.7 Å². The average molecular weight is 346 g/mol. The summed E-state index contributed by atoms with van der Waals surface area (Å²) >= 11 is 5.93. The molecule has 0 bridgehead atoms. The van der Waals surface area contributed by atoms with E-state index in [1.165, 1.54) is 0 Å². The molecule has 1 aliphatic rings. The predicted octanol–water partition coefficient (Wildman–Crippen LogP) is 3.01. The zero-order valence-corrected chi connectivity index (χ0v) is 14.5. The van der Waals surface area contributed by atoms with Crippen LogP contribution in [0.3, 0.4) is 0 Å². The number of rotatable bonds is 3. The van der Waals surface area contributed by atoms with E-state index in [2.05, 4.69) is 4.98 Å². The maximum absolute atomic E-state index is 12.7. The molecule has 6 heteroatoms. The Morgan fingerprint density at radius 3 is 2.62 bits per heavy atom. The summed E-state index contributed by atoms with van der Waals surface area (Å²) in [6.45, 7) is 1.62. The van der Waals surface area contributed by atoms with E-state index >= 15 is 0 Å². The van der Waals surface area contributed by atoms with Crippen molar-refractivity contribution in [2.75, 3.05) is 38.7 Å². The second-order valence-corrected chi connectivity index (χ2v) is 6.40. The van der Waals surface area contributed by atoms with Gasteiger partial charge in [0.2, 0.25) is 0 Å². The molecule has 1 saturated heterocycles. The minimum absolute atomic E-state index is 0.0185. The van der Waals surface area contributed by atoms with Gasteiger partial charge in [-0.3, -0.25) is 4.79 Å². The zero-order chi connectivity index (χ0) is 17.1. The van der Waals surface area contributed by atoms with Gasteiger partial charge in [-0.1, -0.05) is 23.7 Å². The van der Waals surface area contributed by atoms with Crippen LogP contribution in [0.25, 0.3) is 0 Å². The summed E-state index contributed by atoms with van der Waals surface area (Å²) in [6, 6.07) is 11.2. The lowest BCUT2D eigenvalue weighted by Gasteiger charge is -2.33. The summed E-state index contributed by atoms with van der Waals surface area (Å²) < 4.78 is 5.81. The number of morpholine rings is 1. The number of halogens is 1. The van der Waals surface area contributed by atoms with Gasteiger partial charge in [-0.15, -0.1) is 0 Å². The number of nitrogens with zero attached hydrogens (tertiary/aromatic N) is 3. The molecule has 1 amide bonds. The van der Waals surface area contributed by atoms with E-state index in [9.17, 15) is 4.79 Å². The Hall–Kier alpha value is -2.11. The van der Waals surface area contributed by atoms with Crippen molar-refractivity contribution in [3.63, 3.8) is 0 Å². The highest BCUT2D eigenvalue weighted by atomic mass is 35.5. The van der Waals surface area contributed by atoms with Gasteiger partial charge in [-0.25, -0.2) is 4.98 Å². The summed E-state index contributed by atoms with van der Waals surface area (Å²) in [7, 11) is 3.84. The number of pyridine rings is 1. The molecule has 1 aliphatic heterocycles. The molecule has 2 heterocycles. The minimum atomic E-state index is -0.131. The van der Waals surface area contributed by atoms with Crippen LogP contribution in [0.1, 0.15) is 22.0 Å². The number of hydrogen-bond donors (Lipinski definition) is 0. The van der Waals surface area contributed by atoms with Crippen LogP contribution in [0.4, 0.5) is 5.82 Å². The molecule has 3 rings (SSSR count). The van der Waals surface area contributed by atoms with Gasteiger partial charge in [-0.05, 0) is 29.8 Å². The summed E-state index contributed by atoms with van der Waals surface area (Å²) in [6.07, 6.45) is 1.50. The van der Waals surface area contributed by atoms with E-state index in [-0.39, 0.29) is 12.0 Å². The van der Waals surface area contributed by atoms with Crippen molar-refractivity contribution in [1.29, 1.82) is 0 Å². The maximum Gasteiger partial charge on any atom is 0.255 e. The molecule has 1 aromatic carbocycles. The summed E-state index contributed by atoms with van der Waals surface area (Å²) in [5.74, 6) is 0.808. The first-order chi connectivity index (χ1) is 11.5. The van der Waals surface area contributed by atoms with Crippen molar-refractivity contribution in [3.8, 4) is 0 Å². The van der Waals surface area contributed by atoms with Gasteiger partial charge in [0, 0.05) is 31.9 Å². The minimum Gasteiger partial charge on any atom is -0.370 e. The molecule has 0 saturated carbocycles. The fraction of sp³-hybridized carbons (Fsp3) is 0.333. The second kappa shape index (κ2) is 7.20. The highest BCUT2D eigenvalue weighted by Gasteiger charge is 2.26. The SMILES string of the molecule is CN(C)c1ccc(C(=O)N2CCO[C@@H](c3ccc(Cl)cc3)C2)cn1. The first-order valence-electron chi connectivity index (χ1n) is 7.84. The zero-order valence-electron chi connectivity index (χ0n) is 13.8. The van der Waals surface area contributed by atoms with Crippen molar-refractivity contribution < 1.29 is 9.53 Å². The number of anilines is 1. The fourth-order valence-electron chi connectivity index (χ4n) is 2.67. The molecule has 0 spiro atoms. The Balaban J connectivity index is 1.71. The van der Waals surface area contributed by atoms with Gasteiger partial charge >= 0.3 is 0 Å². The van der Waals surface area contributed by atoms with E-state index in [0.717, 1.165) is 11.4 Å². The Bertz CT molecular complexity index is 701. The Kier molecular flexibility index (Phi) is 5.02. The van der Waals surface area contributed by atoms with Crippen LogP contribution in [0, 0.1) is 0 Å². The number of ether oxygens (including phenoxy) is 1. The normalized spacial score (nSPS) is 17.6. The standard InChI is InChI=1S/C18H20ClN3O2/c1-21(2)17-8-5-14(11-20-17)18(23)22-9-10-24-16(12-22)13-3-6-15(19)7-4-13/h3-8,11,16H,9-10,12H2,1-2H3/t16-/m1/s1. The molecule has 2 aromatic rings. The number of carbonyl (C=O) groups is 1. The van der Waals surface area contributed by atoms with Crippen LogP contribution in [-0.2, 0) is 4.74 Å². The molecule has 126 valence electrons. The van der Waals surface area contributed by atoms with E-state index in [1.807, 2.05) is 60.3 Å². The molecule has 1 atom stereocenters.